The first-order valence-corrected chi connectivity index (χ1v) is 7.56. The molecule has 4 heteroatoms. The Labute approximate surface area is 126 Å². The van der Waals surface area contributed by atoms with Crippen LogP contribution in [0.3, 0.4) is 0 Å². The van der Waals surface area contributed by atoms with Gasteiger partial charge < -0.3 is 10.6 Å². The number of nitrogens with two attached hydrogens (primary N) is 1. The Balaban J connectivity index is 2.07. The summed E-state index contributed by atoms with van der Waals surface area (Å²) in [6.07, 6.45) is 1.16. The molecule has 0 spiro atoms. The monoisotopic (exact) mass is 285 g/mol. The van der Waals surface area contributed by atoms with Gasteiger partial charge in [-0.1, -0.05) is 30.9 Å². The minimum atomic E-state index is 0.0769. The second kappa shape index (κ2) is 7.82. The fourth-order valence-corrected chi connectivity index (χ4v) is 2.59. The van der Waals surface area contributed by atoms with Crippen molar-refractivity contribution in [3.8, 4) is 11.8 Å². The molecule has 1 heterocycles. The van der Waals surface area contributed by atoms with Crippen molar-refractivity contribution in [1.82, 2.24) is 9.80 Å². The first-order valence-electron chi connectivity index (χ1n) is 7.56. The Kier molecular flexibility index (Phi) is 5.79. The molecule has 0 saturated carbocycles. The number of hydrogen-bond donors (Lipinski definition) is 1. The van der Waals surface area contributed by atoms with Gasteiger partial charge in [-0.15, -0.1) is 0 Å². The predicted octanol–water partition coefficient (Wildman–Crippen LogP) is 1.16. The van der Waals surface area contributed by atoms with Gasteiger partial charge in [0, 0.05) is 31.7 Å². The van der Waals surface area contributed by atoms with Gasteiger partial charge in [-0.3, -0.25) is 9.69 Å². The molecule has 4 nitrogen and oxygen atoms in total. The topological polar surface area (TPSA) is 49.6 Å². The average Bonchev–Trinajstić information content (AvgIpc) is 2.53. The van der Waals surface area contributed by atoms with Crippen molar-refractivity contribution in [2.75, 3.05) is 39.3 Å². The van der Waals surface area contributed by atoms with Crippen molar-refractivity contribution in [2.24, 2.45) is 5.73 Å². The van der Waals surface area contributed by atoms with Crippen LogP contribution in [0.4, 0.5) is 0 Å². The summed E-state index contributed by atoms with van der Waals surface area (Å²) in [6, 6.07) is 7.51. The molecule has 2 N–H and O–H groups in total. The van der Waals surface area contributed by atoms with Crippen molar-refractivity contribution in [2.45, 2.75) is 13.3 Å². The fraction of sp³-hybridized carbons (Fsp3) is 0.471. The molecular weight excluding hydrogens is 262 g/mol. The summed E-state index contributed by atoms with van der Waals surface area (Å²) in [4.78, 5) is 17.0. The summed E-state index contributed by atoms with van der Waals surface area (Å²) < 4.78 is 0. The number of nitrogens with zero attached hydrogens (tertiary/aromatic N) is 2. The molecule has 0 atom stereocenters. The van der Waals surface area contributed by atoms with Gasteiger partial charge in [-0.2, -0.15) is 0 Å². The second-order valence-electron chi connectivity index (χ2n) is 5.19. The Morgan fingerprint density at radius 2 is 1.95 bits per heavy atom. The van der Waals surface area contributed by atoms with E-state index in [4.69, 9.17) is 5.73 Å². The van der Waals surface area contributed by atoms with Crippen LogP contribution in [0.25, 0.3) is 0 Å². The number of benzene rings is 1. The van der Waals surface area contributed by atoms with Crippen molar-refractivity contribution in [3.63, 3.8) is 0 Å². The van der Waals surface area contributed by atoms with E-state index in [1.54, 1.807) is 0 Å². The maximum atomic E-state index is 12.7. The van der Waals surface area contributed by atoms with Crippen molar-refractivity contribution >= 4 is 5.91 Å². The van der Waals surface area contributed by atoms with Gasteiger partial charge in [0.2, 0.25) is 0 Å². The molecule has 1 aromatic carbocycles. The van der Waals surface area contributed by atoms with Crippen molar-refractivity contribution in [3.05, 3.63) is 35.4 Å². The van der Waals surface area contributed by atoms with Crippen LogP contribution in [0.2, 0.25) is 0 Å². The average molecular weight is 285 g/mol. The maximum Gasteiger partial charge on any atom is 0.255 e. The largest absolute Gasteiger partial charge is 0.336 e. The van der Waals surface area contributed by atoms with E-state index >= 15 is 0 Å². The van der Waals surface area contributed by atoms with Gasteiger partial charge in [-0.05, 0) is 25.1 Å². The second-order valence-corrected chi connectivity index (χ2v) is 5.19. The van der Waals surface area contributed by atoms with Gasteiger partial charge in [0.15, 0.2) is 0 Å². The van der Waals surface area contributed by atoms with E-state index < -0.39 is 0 Å². The number of amides is 1. The fourth-order valence-electron chi connectivity index (χ4n) is 2.59. The number of hydrogen-bond acceptors (Lipinski definition) is 3. The van der Waals surface area contributed by atoms with Gasteiger partial charge in [0.05, 0.1) is 12.1 Å². The van der Waals surface area contributed by atoms with Crippen LogP contribution in [0.5, 0.6) is 0 Å². The van der Waals surface area contributed by atoms with Gasteiger partial charge in [0.1, 0.15) is 0 Å². The molecule has 2 rings (SSSR count). The maximum absolute atomic E-state index is 12.7. The van der Waals surface area contributed by atoms with Gasteiger partial charge in [0.25, 0.3) is 5.91 Å². The SMILES string of the molecule is CCCN1CCN(C(=O)c2ccccc2C#CCN)CC1. The van der Waals surface area contributed by atoms with Crippen LogP contribution in [-0.2, 0) is 0 Å². The lowest BCUT2D eigenvalue weighted by Gasteiger charge is -2.34. The highest BCUT2D eigenvalue weighted by Gasteiger charge is 2.22. The zero-order chi connectivity index (χ0) is 15.1. The Hall–Kier alpha value is -1.83. The van der Waals surface area contributed by atoms with Gasteiger partial charge in [-0.25, -0.2) is 0 Å². The Morgan fingerprint density at radius 1 is 1.24 bits per heavy atom. The third-order valence-electron chi connectivity index (χ3n) is 3.68. The zero-order valence-corrected chi connectivity index (χ0v) is 12.6. The normalized spacial score (nSPS) is 15.4. The minimum Gasteiger partial charge on any atom is -0.336 e. The molecule has 21 heavy (non-hydrogen) atoms. The van der Waals surface area contributed by atoms with E-state index in [0.29, 0.717) is 12.1 Å². The molecule has 1 aliphatic rings. The minimum absolute atomic E-state index is 0.0769. The van der Waals surface area contributed by atoms with Crippen LogP contribution in [0.1, 0.15) is 29.3 Å². The molecule has 1 saturated heterocycles. The Morgan fingerprint density at radius 3 is 2.62 bits per heavy atom. The van der Waals surface area contributed by atoms with E-state index in [1.165, 1.54) is 0 Å². The molecule has 1 fully saturated rings. The quantitative estimate of drug-likeness (QED) is 0.848. The summed E-state index contributed by atoms with van der Waals surface area (Å²) in [7, 11) is 0. The van der Waals surface area contributed by atoms with E-state index in [1.807, 2.05) is 29.2 Å². The first kappa shape index (κ1) is 15.6. The van der Waals surface area contributed by atoms with Crippen LogP contribution < -0.4 is 5.73 Å². The molecule has 112 valence electrons. The summed E-state index contributed by atoms with van der Waals surface area (Å²) in [6.45, 7) is 7.09. The van der Waals surface area contributed by atoms with E-state index in [9.17, 15) is 4.79 Å². The highest BCUT2D eigenvalue weighted by Crippen LogP contribution is 2.13. The molecule has 1 aliphatic heterocycles. The molecule has 0 radical (unpaired) electrons. The molecule has 0 bridgehead atoms. The zero-order valence-electron chi connectivity index (χ0n) is 12.6. The molecule has 0 aliphatic carbocycles. The predicted molar refractivity (Wildman–Crippen MR) is 85.0 cm³/mol. The van der Waals surface area contributed by atoms with Crippen LogP contribution in [-0.4, -0.2) is 55.0 Å². The Bertz CT molecular complexity index is 536. The number of rotatable bonds is 3. The van der Waals surface area contributed by atoms with Gasteiger partial charge >= 0.3 is 0 Å². The van der Waals surface area contributed by atoms with Crippen molar-refractivity contribution in [1.29, 1.82) is 0 Å². The summed E-state index contributed by atoms with van der Waals surface area (Å²) in [5, 5.41) is 0. The summed E-state index contributed by atoms with van der Waals surface area (Å²) >= 11 is 0. The van der Waals surface area contributed by atoms with Crippen LogP contribution in [0.15, 0.2) is 24.3 Å². The number of carbonyl (C=O) groups is 1. The molecular formula is C17H23N3O. The van der Waals surface area contributed by atoms with Crippen LogP contribution in [0, 0.1) is 11.8 Å². The third-order valence-corrected chi connectivity index (χ3v) is 3.68. The summed E-state index contributed by atoms with van der Waals surface area (Å²) in [5.41, 5.74) is 6.86. The molecule has 1 aromatic rings. The molecule has 0 aromatic heterocycles. The lowest BCUT2D eigenvalue weighted by Crippen LogP contribution is -2.48. The summed E-state index contributed by atoms with van der Waals surface area (Å²) in [5.74, 6) is 5.89. The number of carbonyl (C=O) groups excluding carboxylic acids is 1. The highest BCUT2D eigenvalue weighted by molar-refractivity contribution is 5.96. The smallest absolute Gasteiger partial charge is 0.255 e. The molecule has 1 amide bonds. The van der Waals surface area contributed by atoms with E-state index in [-0.39, 0.29) is 5.91 Å². The standard InChI is InChI=1S/C17H23N3O/c1-2-10-19-11-13-20(14-12-19)17(21)16-8-4-3-6-15(16)7-5-9-18/h3-4,6,8H,2,9-14,18H2,1H3. The van der Waals surface area contributed by atoms with E-state index in [2.05, 4.69) is 23.7 Å². The lowest BCUT2D eigenvalue weighted by atomic mass is 10.1. The van der Waals surface area contributed by atoms with Crippen LogP contribution >= 0.6 is 0 Å². The van der Waals surface area contributed by atoms with E-state index in [0.717, 1.165) is 44.7 Å². The number of piperazine rings is 1. The third kappa shape index (κ3) is 4.07. The highest BCUT2D eigenvalue weighted by atomic mass is 16.2. The molecule has 0 unspecified atom stereocenters. The first-order chi connectivity index (χ1) is 10.3. The lowest BCUT2D eigenvalue weighted by molar-refractivity contribution is 0.0637. The van der Waals surface area contributed by atoms with Crippen molar-refractivity contribution < 1.29 is 4.79 Å².